The van der Waals surface area contributed by atoms with Crippen LogP contribution in [0.5, 0.6) is 0 Å². The molecule has 1 aliphatic carbocycles. The van der Waals surface area contributed by atoms with Gasteiger partial charge in [0.25, 0.3) is 0 Å². The van der Waals surface area contributed by atoms with E-state index in [9.17, 15) is 4.79 Å². The van der Waals surface area contributed by atoms with E-state index in [1.807, 2.05) is 19.0 Å². The maximum absolute atomic E-state index is 12.7. The van der Waals surface area contributed by atoms with Gasteiger partial charge in [-0.2, -0.15) is 0 Å². The van der Waals surface area contributed by atoms with Crippen LogP contribution in [0.25, 0.3) is 0 Å². The summed E-state index contributed by atoms with van der Waals surface area (Å²) < 4.78 is 0. The predicted octanol–water partition coefficient (Wildman–Crippen LogP) is 2.42. The lowest BCUT2D eigenvalue weighted by atomic mass is 9.90. The Labute approximate surface area is 160 Å². The molecule has 1 aromatic rings. The molecule has 3 fully saturated rings. The SMILES string of the molecule is CN(C)c1ncnc(Cl)c1CN1CCC2(CC1)CC2C(=O)N1CCCC1. The van der Waals surface area contributed by atoms with Crippen LogP contribution in [0.3, 0.4) is 0 Å². The Morgan fingerprint density at radius 2 is 1.92 bits per heavy atom. The molecule has 0 N–H and O–H groups in total. The smallest absolute Gasteiger partial charge is 0.226 e. The second kappa shape index (κ2) is 6.97. The number of aromatic nitrogens is 2. The molecular formula is C19H28ClN5O. The molecule has 6 nitrogen and oxygen atoms in total. The number of hydrogen-bond donors (Lipinski definition) is 0. The van der Waals surface area contributed by atoms with E-state index in [4.69, 9.17) is 11.6 Å². The topological polar surface area (TPSA) is 52.6 Å². The maximum Gasteiger partial charge on any atom is 0.226 e. The average Bonchev–Trinajstić information content (AvgIpc) is 3.05. The monoisotopic (exact) mass is 377 g/mol. The van der Waals surface area contributed by atoms with Gasteiger partial charge in [0.2, 0.25) is 5.91 Å². The van der Waals surface area contributed by atoms with E-state index < -0.39 is 0 Å². The van der Waals surface area contributed by atoms with Gasteiger partial charge in [0.15, 0.2) is 0 Å². The third-order valence-corrected chi connectivity index (χ3v) is 6.76. The standard InChI is InChI=1S/C19H28ClN5O/c1-23(2)17-14(16(20)21-13-22-17)12-24-9-5-19(6-10-24)11-15(19)18(26)25-7-3-4-8-25/h13,15H,3-12H2,1-2H3. The molecule has 1 amide bonds. The van der Waals surface area contributed by atoms with Crippen LogP contribution < -0.4 is 4.90 Å². The lowest BCUT2D eigenvalue weighted by Crippen LogP contribution is -2.37. The first-order valence-electron chi connectivity index (χ1n) is 9.68. The van der Waals surface area contributed by atoms with Crippen molar-refractivity contribution in [1.29, 1.82) is 0 Å². The summed E-state index contributed by atoms with van der Waals surface area (Å²) in [6, 6.07) is 0. The van der Waals surface area contributed by atoms with E-state index in [0.717, 1.165) is 63.4 Å². The summed E-state index contributed by atoms with van der Waals surface area (Å²) in [5.41, 5.74) is 1.27. The first-order valence-corrected chi connectivity index (χ1v) is 10.1. The van der Waals surface area contributed by atoms with Crippen LogP contribution in [0.4, 0.5) is 5.82 Å². The highest BCUT2D eigenvalue weighted by Gasteiger charge is 2.59. The second-order valence-electron chi connectivity index (χ2n) is 8.29. The van der Waals surface area contributed by atoms with E-state index in [1.165, 1.54) is 19.2 Å². The zero-order chi connectivity index (χ0) is 18.3. The van der Waals surface area contributed by atoms with E-state index in [2.05, 4.69) is 19.8 Å². The third-order valence-electron chi connectivity index (χ3n) is 6.43. The molecule has 142 valence electrons. The van der Waals surface area contributed by atoms with Crippen LogP contribution in [0.1, 0.15) is 37.7 Å². The molecule has 2 saturated heterocycles. The van der Waals surface area contributed by atoms with Crippen molar-refractivity contribution in [2.75, 3.05) is 45.2 Å². The number of likely N-dealkylation sites (tertiary alicyclic amines) is 2. The van der Waals surface area contributed by atoms with Crippen molar-refractivity contribution in [2.24, 2.45) is 11.3 Å². The highest BCUT2D eigenvalue weighted by Crippen LogP contribution is 2.60. The summed E-state index contributed by atoms with van der Waals surface area (Å²) in [4.78, 5) is 27.7. The van der Waals surface area contributed by atoms with Crippen molar-refractivity contribution in [2.45, 2.75) is 38.6 Å². The highest BCUT2D eigenvalue weighted by atomic mass is 35.5. The van der Waals surface area contributed by atoms with E-state index in [0.29, 0.717) is 11.1 Å². The second-order valence-corrected chi connectivity index (χ2v) is 8.65. The molecule has 2 aliphatic heterocycles. The van der Waals surface area contributed by atoms with Gasteiger partial charge in [0.1, 0.15) is 17.3 Å². The molecule has 1 saturated carbocycles. The average molecular weight is 378 g/mol. The minimum atomic E-state index is 0.275. The summed E-state index contributed by atoms with van der Waals surface area (Å²) in [6.45, 7) is 4.74. The Hall–Kier alpha value is -1.40. The fourth-order valence-electron chi connectivity index (χ4n) is 4.69. The van der Waals surface area contributed by atoms with Gasteiger partial charge < -0.3 is 9.80 Å². The molecule has 4 rings (SSSR count). The molecule has 1 spiro atoms. The zero-order valence-electron chi connectivity index (χ0n) is 15.7. The molecular weight excluding hydrogens is 350 g/mol. The molecule has 1 unspecified atom stereocenters. The van der Waals surface area contributed by atoms with Gasteiger partial charge in [0.05, 0.1) is 0 Å². The fourth-order valence-corrected chi connectivity index (χ4v) is 4.88. The Balaban J connectivity index is 1.36. The molecule has 0 aromatic carbocycles. The molecule has 3 aliphatic rings. The first-order chi connectivity index (χ1) is 12.5. The van der Waals surface area contributed by atoms with Crippen molar-refractivity contribution in [3.05, 3.63) is 17.0 Å². The first kappa shape index (κ1) is 18.0. The fraction of sp³-hybridized carbons (Fsp3) is 0.737. The number of nitrogens with zero attached hydrogens (tertiary/aromatic N) is 5. The van der Waals surface area contributed by atoms with Crippen LogP contribution in [-0.4, -0.2) is 65.9 Å². The molecule has 3 heterocycles. The van der Waals surface area contributed by atoms with Gasteiger partial charge >= 0.3 is 0 Å². The lowest BCUT2D eigenvalue weighted by Gasteiger charge is -2.33. The predicted molar refractivity (Wildman–Crippen MR) is 102 cm³/mol. The number of rotatable bonds is 4. The number of anilines is 1. The van der Waals surface area contributed by atoms with Crippen LogP contribution in [-0.2, 0) is 11.3 Å². The third kappa shape index (κ3) is 3.29. The maximum atomic E-state index is 12.7. The largest absolute Gasteiger partial charge is 0.362 e. The van der Waals surface area contributed by atoms with Crippen LogP contribution in [0.2, 0.25) is 5.15 Å². The molecule has 0 bridgehead atoms. The van der Waals surface area contributed by atoms with Gasteiger partial charge in [-0.15, -0.1) is 0 Å². The van der Waals surface area contributed by atoms with Crippen molar-refractivity contribution >= 4 is 23.3 Å². The minimum absolute atomic E-state index is 0.275. The molecule has 7 heteroatoms. The van der Waals surface area contributed by atoms with Crippen LogP contribution in [0.15, 0.2) is 6.33 Å². The molecule has 0 radical (unpaired) electrons. The molecule has 26 heavy (non-hydrogen) atoms. The number of halogens is 1. The summed E-state index contributed by atoms with van der Waals surface area (Å²) >= 11 is 6.34. The van der Waals surface area contributed by atoms with Gasteiger partial charge in [-0.3, -0.25) is 9.69 Å². The number of carbonyl (C=O) groups excluding carboxylic acids is 1. The Morgan fingerprint density at radius 1 is 1.23 bits per heavy atom. The zero-order valence-corrected chi connectivity index (χ0v) is 16.5. The highest BCUT2D eigenvalue weighted by molar-refractivity contribution is 6.30. The normalized spacial score (nSPS) is 24.9. The number of amides is 1. The van der Waals surface area contributed by atoms with E-state index in [1.54, 1.807) is 0 Å². The molecule has 1 atom stereocenters. The van der Waals surface area contributed by atoms with Crippen molar-refractivity contribution in [3.63, 3.8) is 0 Å². The van der Waals surface area contributed by atoms with Crippen molar-refractivity contribution in [3.8, 4) is 0 Å². The Kier molecular flexibility index (Phi) is 4.82. The van der Waals surface area contributed by atoms with Crippen LogP contribution in [0, 0.1) is 11.3 Å². The Bertz CT molecular complexity index is 681. The Morgan fingerprint density at radius 3 is 2.58 bits per heavy atom. The minimum Gasteiger partial charge on any atom is -0.362 e. The van der Waals surface area contributed by atoms with Gasteiger partial charge in [0, 0.05) is 45.2 Å². The summed E-state index contributed by atoms with van der Waals surface area (Å²) in [5, 5.41) is 0.539. The number of carbonyl (C=O) groups is 1. The lowest BCUT2D eigenvalue weighted by molar-refractivity contribution is -0.132. The van der Waals surface area contributed by atoms with Gasteiger partial charge in [-0.05, 0) is 50.6 Å². The summed E-state index contributed by atoms with van der Waals surface area (Å²) in [6.07, 6.45) is 7.18. The number of hydrogen-bond acceptors (Lipinski definition) is 5. The molecule has 1 aromatic heterocycles. The van der Waals surface area contributed by atoms with Gasteiger partial charge in [-0.25, -0.2) is 9.97 Å². The van der Waals surface area contributed by atoms with E-state index >= 15 is 0 Å². The quantitative estimate of drug-likeness (QED) is 0.754. The summed E-state index contributed by atoms with van der Waals surface area (Å²) in [5.74, 6) is 1.59. The van der Waals surface area contributed by atoms with Crippen molar-refractivity contribution < 1.29 is 4.79 Å². The summed E-state index contributed by atoms with van der Waals surface area (Å²) in [7, 11) is 3.96. The van der Waals surface area contributed by atoms with Gasteiger partial charge in [-0.1, -0.05) is 11.6 Å². The van der Waals surface area contributed by atoms with E-state index in [-0.39, 0.29) is 11.3 Å². The van der Waals surface area contributed by atoms with Crippen LogP contribution >= 0.6 is 11.6 Å². The van der Waals surface area contributed by atoms with Crippen molar-refractivity contribution in [1.82, 2.24) is 19.8 Å². The number of piperidine rings is 1.